The van der Waals surface area contributed by atoms with Crippen LogP contribution in [0, 0.1) is 16.7 Å². The molecule has 0 aromatic rings. The van der Waals surface area contributed by atoms with Crippen molar-refractivity contribution in [2.45, 2.75) is 58.3 Å². The lowest BCUT2D eigenvalue weighted by atomic mass is 9.61. The van der Waals surface area contributed by atoms with Gasteiger partial charge in [-0.3, -0.25) is 4.79 Å². The van der Waals surface area contributed by atoms with Crippen LogP contribution in [0.25, 0.3) is 0 Å². The fourth-order valence-electron chi connectivity index (χ4n) is 4.85. The third kappa shape index (κ3) is 2.20. The maximum absolute atomic E-state index is 12.7. The Kier molecular flexibility index (Phi) is 3.36. The van der Waals surface area contributed by atoms with Crippen molar-refractivity contribution in [2.75, 3.05) is 19.6 Å². The molecule has 0 bridgehead atoms. The van der Waals surface area contributed by atoms with Gasteiger partial charge in [0.2, 0.25) is 5.91 Å². The summed E-state index contributed by atoms with van der Waals surface area (Å²) in [4.78, 5) is 14.9. The predicted molar refractivity (Wildman–Crippen MR) is 76.6 cm³/mol. The molecule has 19 heavy (non-hydrogen) atoms. The fraction of sp³-hybridized carbons (Fsp3) is 0.938. The van der Waals surface area contributed by atoms with Crippen LogP contribution in [0.2, 0.25) is 0 Å². The first-order valence-electron chi connectivity index (χ1n) is 8.09. The third-order valence-electron chi connectivity index (χ3n) is 6.10. The number of hydrogen-bond acceptors (Lipinski definition) is 2. The lowest BCUT2D eigenvalue weighted by molar-refractivity contribution is -0.152. The van der Waals surface area contributed by atoms with E-state index in [2.05, 4.69) is 11.8 Å². The van der Waals surface area contributed by atoms with Crippen LogP contribution in [0.3, 0.4) is 0 Å². The van der Waals surface area contributed by atoms with Crippen LogP contribution in [0.15, 0.2) is 0 Å². The largest absolute Gasteiger partial charge is 0.342 e. The SMILES string of the molecule is CC1CC(CN)(C(=O)N2CCC3(CCCC3)CC2)C1. The summed E-state index contributed by atoms with van der Waals surface area (Å²) in [6, 6.07) is 0. The summed E-state index contributed by atoms with van der Waals surface area (Å²) in [5.41, 5.74) is 6.31. The first-order chi connectivity index (χ1) is 9.09. The minimum atomic E-state index is -0.195. The van der Waals surface area contributed by atoms with E-state index >= 15 is 0 Å². The summed E-state index contributed by atoms with van der Waals surface area (Å²) < 4.78 is 0. The lowest BCUT2D eigenvalue weighted by Crippen LogP contribution is -2.56. The number of piperidine rings is 1. The highest BCUT2D eigenvalue weighted by Gasteiger charge is 2.50. The normalized spacial score (nSPS) is 37.4. The summed E-state index contributed by atoms with van der Waals surface area (Å²) in [7, 11) is 0. The molecule has 1 amide bonds. The van der Waals surface area contributed by atoms with Gasteiger partial charge < -0.3 is 10.6 Å². The average Bonchev–Trinajstić information content (AvgIpc) is 2.83. The Morgan fingerprint density at radius 3 is 2.21 bits per heavy atom. The Labute approximate surface area is 116 Å². The summed E-state index contributed by atoms with van der Waals surface area (Å²) in [6.07, 6.45) is 10.1. The molecule has 3 nitrogen and oxygen atoms in total. The van der Waals surface area contributed by atoms with Crippen LogP contribution in [0.4, 0.5) is 0 Å². The molecule has 1 aliphatic heterocycles. The molecule has 0 aromatic carbocycles. The molecule has 3 aliphatic rings. The van der Waals surface area contributed by atoms with Gasteiger partial charge in [-0.1, -0.05) is 19.8 Å². The van der Waals surface area contributed by atoms with Gasteiger partial charge in [0, 0.05) is 19.6 Å². The van der Waals surface area contributed by atoms with Gasteiger partial charge >= 0.3 is 0 Å². The van der Waals surface area contributed by atoms with Crippen molar-refractivity contribution in [3.63, 3.8) is 0 Å². The highest BCUT2D eigenvalue weighted by molar-refractivity contribution is 5.84. The average molecular weight is 264 g/mol. The molecule has 3 fully saturated rings. The van der Waals surface area contributed by atoms with E-state index in [0.717, 1.165) is 25.9 Å². The summed E-state index contributed by atoms with van der Waals surface area (Å²) in [6.45, 7) is 4.73. The zero-order valence-corrected chi connectivity index (χ0v) is 12.3. The van der Waals surface area contributed by atoms with Crippen molar-refractivity contribution in [3.05, 3.63) is 0 Å². The summed E-state index contributed by atoms with van der Waals surface area (Å²) >= 11 is 0. The van der Waals surface area contributed by atoms with Crippen molar-refractivity contribution in [1.29, 1.82) is 0 Å². The molecule has 0 atom stereocenters. The second-order valence-corrected chi connectivity index (χ2v) is 7.50. The number of rotatable bonds is 2. The topological polar surface area (TPSA) is 46.3 Å². The minimum Gasteiger partial charge on any atom is -0.342 e. The molecule has 1 spiro atoms. The number of likely N-dealkylation sites (tertiary alicyclic amines) is 1. The Bertz CT molecular complexity index is 344. The van der Waals surface area contributed by atoms with Crippen molar-refractivity contribution in [3.8, 4) is 0 Å². The zero-order chi connectivity index (χ0) is 13.5. The molecule has 2 N–H and O–H groups in total. The number of nitrogens with two attached hydrogens (primary N) is 1. The van der Waals surface area contributed by atoms with E-state index in [1.165, 1.54) is 38.5 Å². The molecule has 0 radical (unpaired) electrons. The smallest absolute Gasteiger partial charge is 0.230 e. The molecule has 3 rings (SSSR count). The number of carbonyl (C=O) groups is 1. The van der Waals surface area contributed by atoms with E-state index in [4.69, 9.17) is 5.73 Å². The molecule has 1 heterocycles. The van der Waals surface area contributed by atoms with E-state index in [1.54, 1.807) is 0 Å². The number of carbonyl (C=O) groups excluding carboxylic acids is 1. The Balaban J connectivity index is 1.60. The van der Waals surface area contributed by atoms with Crippen molar-refractivity contribution in [1.82, 2.24) is 4.90 Å². The fourth-order valence-corrected chi connectivity index (χ4v) is 4.85. The van der Waals surface area contributed by atoms with Gasteiger partial charge in [-0.15, -0.1) is 0 Å². The first-order valence-corrected chi connectivity index (χ1v) is 8.09. The van der Waals surface area contributed by atoms with Gasteiger partial charge in [-0.25, -0.2) is 0 Å². The molecule has 2 saturated carbocycles. The van der Waals surface area contributed by atoms with Crippen LogP contribution in [-0.2, 0) is 4.79 Å². The van der Waals surface area contributed by atoms with Gasteiger partial charge in [-0.2, -0.15) is 0 Å². The second-order valence-electron chi connectivity index (χ2n) is 7.50. The molecular weight excluding hydrogens is 236 g/mol. The maximum Gasteiger partial charge on any atom is 0.230 e. The maximum atomic E-state index is 12.7. The molecule has 0 aromatic heterocycles. The van der Waals surface area contributed by atoms with Crippen LogP contribution < -0.4 is 5.73 Å². The highest BCUT2D eigenvalue weighted by atomic mass is 16.2. The standard InChI is InChI=1S/C16H28N2O/c1-13-10-16(11-13,12-17)14(19)18-8-6-15(7-9-18)4-2-3-5-15/h13H,2-12,17H2,1H3. The quantitative estimate of drug-likeness (QED) is 0.833. The van der Waals surface area contributed by atoms with Crippen LogP contribution in [0.5, 0.6) is 0 Å². The summed E-state index contributed by atoms with van der Waals surface area (Å²) in [5.74, 6) is 1.04. The monoisotopic (exact) mass is 264 g/mol. The molecule has 3 heteroatoms. The number of nitrogens with zero attached hydrogens (tertiary/aromatic N) is 1. The van der Waals surface area contributed by atoms with E-state index in [1.807, 2.05) is 0 Å². The number of amides is 1. The van der Waals surface area contributed by atoms with Gasteiger partial charge in [0.1, 0.15) is 0 Å². The lowest BCUT2D eigenvalue weighted by Gasteiger charge is -2.49. The van der Waals surface area contributed by atoms with Gasteiger partial charge in [0.05, 0.1) is 5.41 Å². The summed E-state index contributed by atoms with van der Waals surface area (Å²) in [5, 5.41) is 0. The minimum absolute atomic E-state index is 0.195. The highest BCUT2D eigenvalue weighted by Crippen LogP contribution is 2.49. The Hall–Kier alpha value is -0.570. The van der Waals surface area contributed by atoms with Gasteiger partial charge in [-0.05, 0) is 49.9 Å². The van der Waals surface area contributed by atoms with E-state index in [-0.39, 0.29) is 5.41 Å². The van der Waals surface area contributed by atoms with Crippen molar-refractivity contribution in [2.24, 2.45) is 22.5 Å². The third-order valence-corrected chi connectivity index (χ3v) is 6.10. The van der Waals surface area contributed by atoms with E-state index in [9.17, 15) is 4.79 Å². The van der Waals surface area contributed by atoms with E-state index in [0.29, 0.717) is 23.8 Å². The Morgan fingerprint density at radius 2 is 1.74 bits per heavy atom. The first kappa shape index (κ1) is 13.4. The second kappa shape index (κ2) is 4.76. The van der Waals surface area contributed by atoms with E-state index < -0.39 is 0 Å². The van der Waals surface area contributed by atoms with Crippen molar-refractivity contribution >= 4 is 5.91 Å². The molecule has 108 valence electrons. The van der Waals surface area contributed by atoms with Gasteiger partial charge in [0.25, 0.3) is 0 Å². The van der Waals surface area contributed by atoms with Crippen LogP contribution >= 0.6 is 0 Å². The van der Waals surface area contributed by atoms with Crippen LogP contribution in [0.1, 0.15) is 58.3 Å². The zero-order valence-electron chi connectivity index (χ0n) is 12.3. The van der Waals surface area contributed by atoms with Crippen LogP contribution in [-0.4, -0.2) is 30.4 Å². The predicted octanol–water partition coefficient (Wildman–Crippen LogP) is 2.54. The molecule has 0 unspecified atom stereocenters. The molecule has 1 saturated heterocycles. The molecule has 2 aliphatic carbocycles. The molecular formula is C16H28N2O. The number of hydrogen-bond donors (Lipinski definition) is 1. The van der Waals surface area contributed by atoms with Crippen molar-refractivity contribution < 1.29 is 4.79 Å². The Morgan fingerprint density at radius 1 is 1.16 bits per heavy atom. The van der Waals surface area contributed by atoms with Gasteiger partial charge in [0.15, 0.2) is 0 Å².